The van der Waals surface area contributed by atoms with E-state index in [1.807, 2.05) is 54.6 Å². The molecule has 1 fully saturated rings. The summed E-state index contributed by atoms with van der Waals surface area (Å²) in [5, 5.41) is 14.6. The summed E-state index contributed by atoms with van der Waals surface area (Å²) in [4.78, 5) is 14.7. The normalized spacial score (nSPS) is 17.6. The first kappa shape index (κ1) is 20.0. The fourth-order valence-corrected chi connectivity index (χ4v) is 5.33. The molecule has 1 aliphatic heterocycles. The number of hydrogen-bond donors (Lipinski definition) is 1. The molecule has 9 nitrogen and oxygen atoms in total. The average molecular weight is 427 g/mol. The van der Waals surface area contributed by atoms with E-state index >= 15 is 0 Å². The highest BCUT2D eigenvalue weighted by Gasteiger charge is 2.35. The summed E-state index contributed by atoms with van der Waals surface area (Å²) in [6.45, 7) is 0.0337. The Hall–Kier alpha value is -3.27. The number of carbonyl (C=O) groups is 1. The van der Waals surface area contributed by atoms with Crippen molar-refractivity contribution in [1.29, 1.82) is 0 Å². The first-order valence-electron chi connectivity index (χ1n) is 9.57. The fourth-order valence-electron chi connectivity index (χ4n) is 3.63. The largest absolute Gasteiger partial charge is 0.376 e. The number of nitrogens with zero attached hydrogens (tertiary/aromatic N) is 5. The monoisotopic (exact) mass is 426 g/mol. The van der Waals surface area contributed by atoms with Gasteiger partial charge in [-0.25, -0.2) is 13.1 Å². The molecule has 1 amide bonds. The van der Waals surface area contributed by atoms with Crippen LogP contribution in [0.5, 0.6) is 0 Å². The van der Waals surface area contributed by atoms with Crippen molar-refractivity contribution in [2.75, 3.05) is 28.3 Å². The van der Waals surface area contributed by atoms with Gasteiger partial charge >= 0.3 is 0 Å². The topological polar surface area (TPSA) is 110 Å². The zero-order valence-electron chi connectivity index (χ0n) is 16.5. The number of carbonyl (C=O) groups excluding carboxylic acids is 1. The Morgan fingerprint density at radius 2 is 2.00 bits per heavy atom. The number of nitrogens with one attached hydrogen (secondary N) is 1. The molecule has 1 aliphatic rings. The van der Waals surface area contributed by atoms with Crippen molar-refractivity contribution >= 4 is 27.1 Å². The third-order valence-electron chi connectivity index (χ3n) is 5.06. The summed E-state index contributed by atoms with van der Waals surface area (Å²) in [5.41, 5.74) is 2.27. The molecule has 30 heavy (non-hydrogen) atoms. The third-order valence-corrected chi connectivity index (χ3v) is 6.81. The third kappa shape index (κ3) is 4.33. The SMILES string of the molecule is Cn1nnnc1-c1cccc(NCC(=O)N(c2ccccc2)[C@H]2CCS(=O)(=O)C2)c1. The standard InChI is InChI=1S/C20H22N6O3S/c1-25-20(22-23-24-25)15-6-5-7-16(12-15)21-13-19(27)26(17-8-3-2-4-9-17)18-10-11-30(28,29)14-18/h2-9,12,18,21H,10-11,13-14H2,1H3/t18-/m0/s1. The summed E-state index contributed by atoms with van der Waals surface area (Å²) in [5.74, 6) is 0.527. The Morgan fingerprint density at radius 3 is 2.67 bits per heavy atom. The van der Waals surface area contributed by atoms with Gasteiger partial charge in [-0.2, -0.15) is 0 Å². The second-order valence-electron chi connectivity index (χ2n) is 7.22. The van der Waals surface area contributed by atoms with Gasteiger partial charge in [0.1, 0.15) is 0 Å². The molecule has 10 heteroatoms. The summed E-state index contributed by atoms with van der Waals surface area (Å²) in [6, 6.07) is 16.3. The van der Waals surface area contributed by atoms with Crippen LogP contribution in [-0.2, 0) is 21.7 Å². The van der Waals surface area contributed by atoms with E-state index in [1.54, 1.807) is 16.6 Å². The maximum atomic E-state index is 13.1. The van der Waals surface area contributed by atoms with Gasteiger partial charge in [-0.05, 0) is 41.1 Å². The quantitative estimate of drug-likeness (QED) is 0.636. The van der Waals surface area contributed by atoms with Crippen molar-refractivity contribution in [3.8, 4) is 11.4 Å². The minimum atomic E-state index is -3.12. The second-order valence-corrected chi connectivity index (χ2v) is 9.45. The molecular weight excluding hydrogens is 404 g/mol. The van der Waals surface area contributed by atoms with Crippen LogP contribution in [0.1, 0.15) is 6.42 Å². The van der Waals surface area contributed by atoms with E-state index in [2.05, 4.69) is 20.8 Å². The Balaban J connectivity index is 1.52. The van der Waals surface area contributed by atoms with Crippen LogP contribution in [-0.4, -0.2) is 58.6 Å². The van der Waals surface area contributed by atoms with Gasteiger partial charge in [-0.1, -0.05) is 30.3 Å². The van der Waals surface area contributed by atoms with E-state index < -0.39 is 9.84 Å². The van der Waals surface area contributed by atoms with Crippen LogP contribution >= 0.6 is 0 Å². The van der Waals surface area contributed by atoms with Crippen LogP contribution in [0, 0.1) is 0 Å². The van der Waals surface area contributed by atoms with Crippen molar-refractivity contribution in [2.45, 2.75) is 12.5 Å². The van der Waals surface area contributed by atoms with Gasteiger partial charge in [0.05, 0.1) is 24.1 Å². The fraction of sp³-hybridized carbons (Fsp3) is 0.300. The van der Waals surface area contributed by atoms with Crippen molar-refractivity contribution < 1.29 is 13.2 Å². The number of aryl methyl sites for hydroxylation is 1. The summed E-state index contributed by atoms with van der Waals surface area (Å²) >= 11 is 0. The van der Waals surface area contributed by atoms with Crippen LogP contribution < -0.4 is 10.2 Å². The Kier molecular flexibility index (Phi) is 5.49. The Morgan fingerprint density at radius 1 is 1.20 bits per heavy atom. The van der Waals surface area contributed by atoms with Gasteiger partial charge < -0.3 is 10.2 Å². The highest BCUT2D eigenvalue weighted by Crippen LogP contribution is 2.25. The van der Waals surface area contributed by atoms with Gasteiger partial charge in [0.25, 0.3) is 0 Å². The van der Waals surface area contributed by atoms with Crippen LogP contribution in [0.4, 0.5) is 11.4 Å². The number of para-hydroxylation sites is 1. The van der Waals surface area contributed by atoms with Gasteiger partial charge in [0, 0.05) is 24.0 Å². The van der Waals surface area contributed by atoms with Gasteiger partial charge in [-0.15, -0.1) is 5.10 Å². The average Bonchev–Trinajstić information content (AvgIpc) is 3.32. The molecule has 0 radical (unpaired) electrons. The minimum Gasteiger partial charge on any atom is -0.376 e. The molecule has 2 aromatic carbocycles. The van der Waals surface area contributed by atoms with Gasteiger partial charge in [0.15, 0.2) is 15.7 Å². The molecular formula is C20H22N6O3S. The molecule has 1 N–H and O–H groups in total. The maximum absolute atomic E-state index is 13.1. The zero-order chi connectivity index (χ0) is 21.1. The zero-order valence-corrected chi connectivity index (χ0v) is 17.3. The molecule has 4 rings (SSSR count). The molecule has 0 aliphatic carbocycles. The lowest BCUT2D eigenvalue weighted by molar-refractivity contribution is -0.117. The number of tetrazole rings is 1. The lowest BCUT2D eigenvalue weighted by atomic mass is 10.1. The molecule has 0 spiro atoms. The number of sulfone groups is 1. The highest BCUT2D eigenvalue weighted by molar-refractivity contribution is 7.91. The lowest BCUT2D eigenvalue weighted by Crippen LogP contribution is -2.44. The molecule has 2 heterocycles. The molecule has 0 saturated carbocycles. The number of rotatable bonds is 6. The molecule has 0 unspecified atom stereocenters. The molecule has 1 saturated heterocycles. The first-order chi connectivity index (χ1) is 14.4. The van der Waals surface area contributed by atoms with E-state index in [4.69, 9.17) is 0 Å². The van der Waals surface area contributed by atoms with E-state index in [1.165, 1.54) is 0 Å². The van der Waals surface area contributed by atoms with E-state index in [0.29, 0.717) is 17.9 Å². The number of benzene rings is 2. The van der Waals surface area contributed by atoms with Crippen LogP contribution in [0.3, 0.4) is 0 Å². The van der Waals surface area contributed by atoms with Crippen molar-refractivity contribution in [3.63, 3.8) is 0 Å². The molecule has 0 bridgehead atoms. The summed E-state index contributed by atoms with van der Waals surface area (Å²) in [7, 11) is -1.36. The van der Waals surface area contributed by atoms with Crippen LogP contribution in [0.2, 0.25) is 0 Å². The predicted octanol–water partition coefficient (Wildman–Crippen LogP) is 1.51. The first-order valence-corrected chi connectivity index (χ1v) is 11.4. The van der Waals surface area contributed by atoms with Gasteiger partial charge in [0.2, 0.25) is 5.91 Å². The van der Waals surface area contributed by atoms with Crippen LogP contribution in [0.25, 0.3) is 11.4 Å². The Labute approximate surface area is 174 Å². The van der Waals surface area contributed by atoms with Crippen molar-refractivity contribution in [1.82, 2.24) is 20.2 Å². The minimum absolute atomic E-state index is 0.0116. The number of amides is 1. The van der Waals surface area contributed by atoms with Gasteiger partial charge in [-0.3, -0.25) is 4.79 Å². The molecule has 1 atom stereocenters. The Bertz CT molecular complexity index is 1150. The number of anilines is 2. The van der Waals surface area contributed by atoms with E-state index in [0.717, 1.165) is 11.3 Å². The number of hydrogen-bond acceptors (Lipinski definition) is 7. The maximum Gasteiger partial charge on any atom is 0.246 e. The predicted molar refractivity (Wildman–Crippen MR) is 114 cm³/mol. The summed E-state index contributed by atoms with van der Waals surface area (Å²) in [6.07, 6.45) is 0.442. The molecule has 3 aromatic rings. The van der Waals surface area contributed by atoms with Crippen LogP contribution in [0.15, 0.2) is 54.6 Å². The smallest absolute Gasteiger partial charge is 0.246 e. The lowest BCUT2D eigenvalue weighted by Gasteiger charge is -2.28. The van der Waals surface area contributed by atoms with Crippen molar-refractivity contribution in [3.05, 3.63) is 54.6 Å². The highest BCUT2D eigenvalue weighted by atomic mass is 32.2. The molecule has 1 aromatic heterocycles. The second kappa shape index (κ2) is 8.23. The number of aromatic nitrogens is 4. The summed E-state index contributed by atoms with van der Waals surface area (Å²) < 4.78 is 25.5. The van der Waals surface area contributed by atoms with Crippen molar-refractivity contribution in [2.24, 2.45) is 7.05 Å². The molecule has 156 valence electrons. The van der Waals surface area contributed by atoms with E-state index in [9.17, 15) is 13.2 Å². The van der Waals surface area contributed by atoms with E-state index in [-0.39, 0.29) is 30.0 Å².